The van der Waals surface area contributed by atoms with Crippen LogP contribution in [0.2, 0.25) is 0 Å². The molecule has 0 aliphatic heterocycles. The molecule has 2 N–H and O–H groups in total. The van der Waals surface area contributed by atoms with Crippen molar-refractivity contribution in [3.63, 3.8) is 0 Å². The molecule has 0 radical (unpaired) electrons. The second kappa shape index (κ2) is 7.48. The first-order valence-electron chi connectivity index (χ1n) is 7.33. The largest absolute Gasteiger partial charge is 0.504 e. The molecule has 6 nitrogen and oxygen atoms in total. The number of benzene rings is 1. The molecule has 1 rings (SSSR count). The van der Waals surface area contributed by atoms with Crippen LogP contribution in [0.1, 0.15) is 26.3 Å². The van der Waals surface area contributed by atoms with Gasteiger partial charge >= 0.3 is 6.18 Å². The van der Waals surface area contributed by atoms with Crippen molar-refractivity contribution in [2.24, 2.45) is 4.99 Å². The van der Waals surface area contributed by atoms with Gasteiger partial charge in [0.15, 0.2) is 0 Å². The Labute approximate surface area is 149 Å². The first-order valence-corrected chi connectivity index (χ1v) is 8.81. The Morgan fingerprint density at radius 3 is 2.08 bits per heavy atom. The van der Waals surface area contributed by atoms with Crippen LogP contribution in [0.15, 0.2) is 45.5 Å². The highest BCUT2D eigenvalue weighted by Crippen LogP contribution is 2.26. The summed E-state index contributed by atoms with van der Waals surface area (Å²) in [5.74, 6) is -3.88. The van der Waals surface area contributed by atoms with Crippen molar-refractivity contribution in [2.45, 2.75) is 44.3 Å². The van der Waals surface area contributed by atoms with Gasteiger partial charge in [0.05, 0.1) is 10.4 Å². The van der Waals surface area contributed by atoms with Crippen LogP contribution in [0.3, 0.4) is 0 Å². The van der Waals surface area contributed by atoms with E-state index in [-0.39, 0.29) is 4.90 Å². The highest BCUT2D eigenvalue weighted by molar-refractivity contribution is 7.90. The van der Waals surface area contributed by atoms with Crippen LogP contribution in [0.4, 0.5) is 13.2 Å². The van der Waals surface area contributed by atoms with E-state index in [1.807, 2.05) is 0 Å². The predicted octanol–water partition coefficient (Wildman–Crippen LogP) is 3.04. The summed E-state index contributed by atoms with van der Waals surface area (Å²) in [5.41, 5.74) is -1.40. The van der Waals surface area contributed by atoms with Gasteiger partial charge < -0.3 is 5.11 Å². The maximum atomic E-state index is 12.8. The summed E-state index contributed by atoms with van der Waals surface area (Å²) in [6, 6.07) is 5.32. The number of aliphatic hydroxyl groups is 1. The highest BCUT2D eigenvalue weighted by Gasteiger charge is 2.39. The first-order chi connectivity index (χ1) is 11.6. The molecule has 0 aromatic heterocycles. The van der Waals surface area contributed by atoms with E-state index in [0.717, 1.165) is 5.56 Å². The van der Waals surface area contributed by atoms with Gasteiger partial charge in [-0.2, -0.15) is 13.2 Å². The van der Waals surface area contributed by atoms with Crippen molar-refractivity contribution in [2.75, 3.05) is 0 Å². The molecule has 26 heavy (non-hydrogen) atoms. The molecule has 0 atom stereocenters. The summed E-state index contributed by atoms with van der Waals surface area (Å²) in [7, 11) is -4.43. The third kappa shape index (κ3) is 6.17. The molecule has 0 aliphatic rings. The molecule has 0 aliphatic carbocycles. The second-order valence-electron chi connectivity index (χ2n) is 6.44. The van der Waals surface area contributed by atoms with Gasteiger partial charge in [-0.3, -0.25) is 9.79 Å². The Kier molecular flexibility index (Phi) is 6.24. The van der Waals surface area contributed by atoms with E-state index in [2.05, 4.69) is 4.99 Å². The van der Waals surface area contributed by atoms with E-state index in [1.165, 1.54) is 29.0 Å². The summed E-state index contributed by atoms with van der Waals surface area (Å²) in [6.07, 6.45) is -4.74. The number of rotatable bonds is 4. The van der Waals surface area contributed by atoms with E-state index < -0.39 is 39.0 Å². The van der Waals surface area contributed by atoms with Crippen molar-refractivity contribution >= 4 is 22.1 Å². The Morgan fingerprint density at radius 1 is 1.15 bits per heavy atom. The molecule has 0 heterocycles. The van der Waals surface area contributed by atoms with Crippen LogP contribution in [0.25, 0.3) is 0 Å². The number of sulfonamides is 1. The van der Waals surface area contributed by atoms with Gasteiger partial charge in [-0.05, 0) is 39.8 Å². The summed E-state index contributed by atoms with van der Waals surface area (Å²) < 4.78 is 64.2. The van der Waals surface area contributed by atoms with Gasteiger partial charge in [-0.15, -0.1) is 0 Å². The quantitative estimate of drug-likeness (QED) is 0.468. The molecule has 1 aromatic carbocycles. The molecule has 0 bridgehead atoms. The number of carbonyl (C=O) groups is 1. The van der Waals surface area contributed by atoms with Crippen LogP contribution in [0, 0.1) is 6.92 Å². The molecule has 0 unspecified atom stereocenters. The number of aliphatic imine (C=N–C) groups is 1. The van der Waals surface area contributed by atoms with Gasteiger partial charge in [0, 0.05) is 6.21 Å². The zero-order chi connectivity index (χ0) is 20.3. The van der Waals surface area contributed by atoms with Crippen molar-refractivity contribution in [1.82, 2.24) is 4.72 Å². The SMILES string of the molecule is Cc1ccc(S(=O)(=O)NC(=O)/C(C=NC(C)(C)C)=C(\O)C(F)(F)F)cc1. The van der Waals surface area contributed by atoms with Crippen molar-refractivity contribution < 1.29 is 31.5 Å². The molecule has 1 amide bonds. The average molecular weight is 392 g/mol. The lowest BCUT2D eigenvalue weighted by Gasteiger charge is -2.14. The molecular weight excluding hydrogens is 373 g/mol. The zero-order valence-corrected chi connectivity index (χ0v) is 15.4. The van der Waals surface area contributed by atoms with Crippen LogP contribution < -0.4 is 4.72 Å². The van der Waals surface area contributed by atoms with Crippen molar-refractivity contribution in [1.29, 1.82) is 0 Å². The Hall–Kier alpha value is -2.36. The smallest absolute Gasteiger partial charge is 0.449 e. The average Bonchev–Trinajstić information content (AvgIpc) is 2.44. The molecule has 0 fully saturated rings. The lowest BCUT2D eigenvalue weighted by molar-refractivity contribution is -0.126. The summed E-state index contributed by atoms with van der Waals surface area (Å²) in [5, 5.41) is 9.32. The fraction of sp³-hybridized carbons (Fsp3) is 0.375. The summed E-state index contributed by atoms with van der Waals surface area (Å²) >= 11 is 0. The Bertz CT molecular complexity index is 834. The number of aryl methyl sites for hydroxylation is 1. The Balaban J connectivity index is 3.29. The number of carbonyl (C=O) groups excluding carboxylic acids is 1. The zero-order valence-electron chi connectivity index (χ0n) is 14.5. The fourth-order valence-corrected chi connectivity index (χ4v) is 2.56. The number of allylic oxidation sites excluding steroid dienone is 1. The number of alkyl halides is 3. The minimum atomic E-state index is -5.25. The molecule has 1 aromatic rings. The van der Waals surface area contributed by atoms with Crippen LogP contribution in [0.5, 0.6) is 0 Å². The highest BCUT2D eigenvalue weighted by atomic mass is 32.2. The van der Waals surface area contributed by atoms with E-state index >= 15 is 0 Å². The van der Waals surface area contributed by atoms with Gasteiger partial charge in [0.1, 0.15) is 5.57 Å². The molecule has 0 saturated carbocycles. The van der Waals surface area contributed by atoms with Crippen molar-refractivity contribution in [3.05, 3.63) is 41.2 Å². The number of halogens is 3. The minimum Gasteiger partial charge on any atom is -0.504 e. The third-order valence-electron chi connectivity index (χ3n) is 2.91. The van der Waals surface area contributed by atoms with Gasteiger partial charge in [-0.1, -0.05) is 17.7 Å². The van der Waals surface area contributed by atoms with Gasteiger partial charge in [0.25, 0.3) is 15.9 Å². The maximum absolute atomic E-state index is 12.8. The van der Waals surface area contributed by atoms with Gasteiger partial charge in [-0.25, -0.2) is 13.1 Å². The maximum Gasteiger partial charge on any atom is 0.449 e. The van der Waals surface area contributed by atoms with Crippen molar-refractivity contribution in [3.8, 4) is 0 Å². The van der Waals surface area contributed by atoms with E-state index in [1.54, 1.807) is 27.7 Å². The summed E-state index contributed by atoms with van der Waals surface area (Å²) in [4.78, 5) is 15.5. The number of nitrogens with zero attached hydrogens (tertiary/aromatic N) is 1. The Morgan fingerprint density at radius 2 is 1.65 bits per heavy atom. The molecule has 0 saturated heterocycles. The molecule has 0 spiro atoms. The van der Waals surface area contributed by atoms with Gasteiger partial charge in [0.2, 0.25) is 5.76 Å². The normalized spacial score (nSPS) is 14.3. The van der Waals surface area contributed by atoms with Crippen LogP contribution >= 0.6 is 0 Å². The topological polar surface area (TPSA) is 95.8 Å². The minimum absolute atomic E-state index is 0.310. The van der Waals surface area contributed by atoms with Crippen LogP contribution in [-0.2, 0) is 14.8 Å². The first kappa shape index (κ1) is 21.7. The number of amides is 1. The lowest BCUT2D eigenvalue weighted by Crippen LogP contribution is -2.34. The number of nitrogens with one attached hydrogen (secondary N) is 1. The lowest BCUT2D eigenvalue weighted by atomic mass is 10.1. The number of hydrogen-bond donors (Lipinski definition) is 2. The predicted molar refractivity (Wildman–Crippen MR) is 90.5 cm³/mol. The molecule has 144 valence electrons. The fourth-order valence-electron chi connectivity index (χ4n) is 1.59. The number of aliphatic hydroxyl groups excluding tert-OH is 1. The number of hydrogen-bond acceptors (Lipinski definition) is 5. The van der Waals surface area contributed by atoms with E-state index in [0.29, 0.717) is 6.21 Å². The van der Waals surface area contributed by atoms with Crippen LogP contribution in [-0.4, -0.2) is 37.4 Å². The molecular formula is C16H19F3N2O4S. The summed E-state index contributed by atoms with van der Waals surface area (Å²) in [6.45, 7) is 6.35. The molecule has 10 heteroatoms. The second-order valence-corrected chi connectivity index (χ2v) is 8.12. The monoisotopic (exact) mass is 392 g/mol. The standard InChI is InChI=1S/C16H19F3N2O4S/c1-10-5-7-11(8-6-10)26(24,25)21-14(23)12(9-20-15(2,3)4)13(22)16(17,18)19/h5-9,22H,1-4H3,(H,21,23)/b13-12-,20-9?. The van der Waals surface area contributed by atoms with E-state index in [9.17, 15) is 31.5 Å². The van der Waals surface area contributed by atoms with E-state index in [4.69, 9.17) is 0 Å². The third-order valence-corrected chi connectivity index (χ3v) is 4.25.